The van der Waals surface area contributed by atoms with Crippen LogP contribution in [0.15, 0.2) is 24.3 Å². The molecule has 0 spiro atoms. The number of ether oxygens (including phenoxy) is 1. The van der Waals surface area contributed by atoms with E-state index in [0.717, 1.165) is 28.9 Å². The normalized spacial score (nSPS) is 10.7. The third-order valence-corrected chi connectivity index (χ3v) is 3.98. The highest BCUT2D eigenvalue weighted by atomic mass is 32.1. The Hall–Kier alpha value is -1.62. The summed E-state index contributed by atoms with van der Waals surface area (Å²) < 4.78 is 5.33. The second-order valence-corrected chi connectivity index (χ2v) is 5.60. The van der Waals surface area contributed by atoms with E-state index in [-0.39, 0.29) is 0 Å². The van der Waals surface area contributed by atoms with Crippen LogP contribution in [0.1, 0.15) is 30.3 Å². The zero-order chi connectivity index (χ0) is 13.7. The minimum absolute atomic E-state index is 0.433. The molecule has 2 rings (SSSR count). The van der Waals surface area contributed by atoms with Gasteiger partial charge in [-0.3, -0.25) is 0 Å². The van der Waals surface area contributed by atoms with Gasteiger partial charge in [0.05, 0.1) is 7.11 Å². The van der Waals surface area contributed by atoms with Crippen LogP contribution in [0.2, 0.25) is 0 Å². The van der Waals surface area contributed by atoms with Gasteiger partial charge in [0.25, 0.3) is 0 Å². The predicted octanol–water partition coefficient (Wildman–Crippen LogP) is 3.32. The molecule has 0 bridgehead atoms. The van der Waals surface area contributed by atoms with Crippen molar-refractivity contribution >= 4 is 16.5 Å². The van der Waals surface area contributed by atoms with Crippen LogP contribution in [0.25, 0.3) is 0 Å². The summed E-state index contributed by atoms with van der Waals surface area (Å²) >= 11 is 1.62. The SMILES string of the molecule is COc1ccccc1CCNc1nnc(C(C)C)s1. The Bertz CT molecular complexity index is 525. The van der Waals surface area contributed by atoms with Crippen molar-refractivity contribution in [1.29, 1.82) is 0 Å². The minimum Gasteiger partial charge on any atom is -0.496 e. The minimum atomic E-state index is 0.433. The van der Waals surface area contributed by atoms with Crippen LogP contribution in [0.3, 0.4) is 0 Å². The number of nitrogens with one attached hydrogen (secondary N) is 1. The van der Waals surface area contributed by atoms with Gasteiger partial charge in [0.15, 0.2) is 0 Å². The summed E-state index contributed by atoms with van der Waals surface area (Å²) in [5, 5.41) is 13.6. The van der Waals surface area contributed by atoms with Crippen LogP contribution in [0.5, 0.6) is 5.75 Å². The van der Waals surface area contributed by atoms with Gasteiger partial charge in [0, 0.05) is 12.5 Å². The van der Waals surface area contributed by atoms with E-state index in [9.17, 15) is 0 Å². The average molecular weight is 277 g/mol. The maximum atomic E-state index is 5.33. The molecule has 102 valence electrons. The van der Waals surface area contributed by atoms with Crippen LogP contribution in [-0.4, -0.2) is 23.9 Å². The third kappa shape index (κ3) is 3.67. The van der Waals surface area contributed by atoms with E-state index in [0.29, 0.717) is 5.92 Å². The van der Waals surface area contributed by atoms with Crippen molar-refractivity contribution in [3.8, 4) is 5.75 Å². The monoisotopic (exact) mass is 277 g/mol. The number of anilines is 1. The Morgan fingerprint density at radius 2 is 2.05 bits per heavy atom. The molecule has 0 radical (unpaired) electrons. The lowest BCUT2D eigenvalue weighted by Gasteiger charge is -2.08. The molecular formula is C14H19N3OS. The number of hydrogen-bond donors (Lipinski definition) is 1. The van der Waals surface area contributed by atoms with Crippen molar-refractivity contribution < 1.29 is 4.74 Å². The molecule has 0 unspecified atom stereocenters. The van der Waals surface area contributed by atoms with E-state index in [1.54, 1.807) is 18.4 Å². The summed E-state index contributed by atoms with van der Waals surface area (Å²) in [6, 6.07) is 8.08. The van der Waals surface area contributed by atoms with Gasteiger partial charge >= 0.3 is 0 Å². The molecule has 4 nitrogen and oxygen atoms in total. The zero-order valence-electron chi connectivity index (χ0n) is 11.5. The average Bonchev–Trinajstić information content (AvgIpc) is 2.88. The lowest BCUT2D eigenvalue weighted by Crippen LogP contribution is -2.05. The molecule has 0 saturated carbocycles. The molecule has 1 aromatic carbocycles. The van der Waals surface area contributed by atoms with E-state index in [1.807, 2.05) is 18.2 Å². The lowest BCUT2D eigenvalue weighted by atomic mass is 10.1. The number of nitrogens with zero attached hydrogens (tertiary/aromatic N) is 2. The molecule has 1 heterocycles. The molecule has 0 saturated heterocycles. The van der Waals surface area contributed by atoms with E-state index >= 15 is 0 Å². The van der Waals surface area contributed by atoms with Crippen molar-refractivity contribution in [2.45, 2.75) is 26.2 Å². The van der Waals surface area contributed by atoms with E-state index in [1.165, 1.54) is 5.56 Å². The zero-order valence-corrected chi connectivity index (χ0v) is 12.3. The van der Waals surface area contributed by atoms with Crippen LogP contribution < -0.4 is 10.1 Å². The second kappa shape index (κ2) is 6.52. The van der Waals surface area contributed by atoms with Crippen molar-refractivity contribution in [1.82, 2.24) is 10.2 Å². The first-order valence-corrected chi connectivity index (χ1v) is 7.21. The summed E-state index contributed by atoms with van der Waals surface area (Å²) in [6.07, 6.45) is 0.903. The molecule has 0 aliphatic rings. The molecule has 0 aliphatic carbocycles. The summed E-state index contributed by atoms with van der Waals surface area (Å²) in [7, 11) is 1.70. The topological polar surface area (TPSA) is 47.0 Å². The molecule has 1 aromatic heterocycles. The van der Waals surface area contributed by atoms with Crippen LogP contribution in [-0.2, 0) is 6.42 Å². The summed E-state index contributed by atoms with van der Waals surface area (Å²) in [5.41, 5.74) is 1.20. The Morgan fingerprint density at radius 1 is 1.26 bits per heavy atom. The van der Waals surface area contributed by atoms with Crippen molar-refractivity contribution in [2.75, 3.05) is 19.0 Å². The van der Waals surface area contributed by atoms with E-state index in [2.05, 4.69) is 35.4 Å². The maximum absolute atomic E-state index is 5.33. The smallest absolute Gasteiger partial charge is 0.205 e. The molecule has 0 fully saturated rings. The van der Waals surface area contributed by atoms with E-state index < -0.39 is 0 Å². The highest BCUT2D eigenvalue weighted by molar-refractivity contribution is 7.15. The van der Waals surface area contributed by atoms with Gasteiger partial charge in [-0.1, -0.05) is 43.4 Å². The molecule has 0 amide bonds. The van der Waals surface area contributed by atoms with Crippen molar-refractivity contribution in [3.63, 3.8) is 0 Å². The van der Waals surface area contributed by atoms with Gasteiger partial charge in [0.1, 0.15) is 10.8 Å². The fraction of sp³-hybridized carbons (Fsp3) is 0.429. The van der Waals surface area contributed by atoms with Crippen LogP contribution in [0.4, 0.5) is 5.13 Å². The second-order valence-electron chi connectivity index (χ2n) is 4.59. The first-order valence-electron chi connectivity index (χ1n) is 6.40. The predicted molar refractivity (Wildman–Crippen MR) is 79.2 cm³/mol. The molecule has 5 heteroatoms. The maximum Gasteiger partial charge on any atom is 0.205 e. The molecular weight excluding hydrogens is 258 g/mol. The van der Waals surface area contributed by atoms with Gasteiger partial charge in [-0.05, 0) is 18.1 Å². The highest BCUT2D eigenvalue weighted by Crippen LogP contribution is 2.23. The van der Waals surface area contributed by atoms with Crippen LogP contribution >= 0.6 is 11.3 Å². The number of aromatic nitrogens is 2. The number of methoxy groups -OCH3 is 1. The molecule has 2 aromatic rings. The van der Waals surface area contributed by atoms with Gasteiger partial charge < -0.3 is 10.1 Å². The molecule has 0 aliphatic heterocycles. The van der Waals surface area contributed by atoms with Gasteiger partial charge in [-0.15, -0.1) is 10.2 Å². The number of rotatable bonds is 6. The Labute approximate surface area is 117 Å². The largest absolute Gasteiger partial charge is 0.496 e. The van der Waals surface area contributed by atoms with Crippen molar-refractivity contribution in [3.05, 3.63) is 34.8 Å². The summed E-state index contributed by atoms with van der Waals surface area (Å²) in [5.74, 6) is 1.37. The Morgan fingerprint density at radius 3 is 2.74 bits per heavy atom. The van der Waals surface area contributed by atoms with Gasteiger partial charge in [-0.25, -0.2) is 0 Å². The standard InChI is InChI=1S/C14H19N3OS/c1-10(2)13-16-17-14(19-13)15-9-8-11-6-4-5-7-12(11)18-3/h4-7,10H,8-9H2,1-3H3,(H,15,17). The van der Waals surface area contributed by atoms with Gasteiger partial charge in [-0.2, -0.15) is 0 Å². The Kier molecular flexibility index (Phi) is 4.74. The first kappa shape index (κ1) is 13.8. The number of benzene rings is 1. The Balaban J connectivity index is 1.89. The highest BCUT2D eigenvalue weighted by Gasteiger charge is 2.07. The summed E-state index contributed by atoms with van der Waals surface area (Å²) in [6.45, 7) is 5.07. The molecule has 0 atom stereocenters. The quantitative estimate of drug-likeness (QED) is 0.880. The summed E-state index contributed by atoms with van der Waals surface area (Å²) in [4.78, 5) is 0. The number of hydrogen-bond acceptors (Lipinski definition) is 5. The third-order valence-electron chi connectivity index (χ3n) is 2.80. The molecule has 1 N–H and O–H groups in total. The van der Waals surface area contributed by atoms with E-state index in [4.69, 9.17) is 4.74 Å². The number of para-hydroxylation sites is 1. The van der Waals surface area contributed by atoms with Crippen LogP contribution in [0, 0.1) is 0 Å². The first-order chi connectivity index (χ1) is 9.20. The molecule has 19 heavy (non-hydrogen) atoms. The van der Waals surface area contributed by atoms with Crippen molar-refractivity contribution in [2.24, 2.45) is 0 Å². The van der Waals surface area contributed by atoms with Gasteiger partial charge in [0.2, 0.25) is 5.13 Å². The fourth-order valence-electron chi connectivity index (χ4n) is 1.75. The lowest BCUT2D eigenvalue weighted by molar-refractivity contribution is 0.410. The fourth-order valence-corrected chi connectivity index (χ4v) is 2.52.